The fourth-order valence-corrected chi connectivity index (χ4v) is 2.99. The fraction of sp³-hybridized carbons (Fsp3) is 0.368. The van der Waals surface area contributed by atoms with Crippen LogP contribution < -0.4 is 4.74 Å². The van der Waals surface area contributed by atoms with Crippen molar-refractivity contribution < 1.29 is 9.53 Å². The Labute approximate surface area is 142 Å². The molecule has 1 amide bonds. The van der Waals surface area contributed by atoms with E-state index in [2.05, 4.69) is 24.0 Å². The van der Waals surface area contributed by atoms with Crippen LogP contribution in [0, 0.1) is 0 Å². The van der Waals surface area contributed by atoms with Crippen molar-refractivity contribution in [3.8, 4) is 11.6 Å². The summed E-state index contributed by atoms with van der Waals surface area (Å²) in [5.41, 5.74) is 0.518. The van der Waals surface area contributed by atoms with Crippen molar-refractivity contribution in [3.05, 3.63) is 54.2 Å². The molecule has 1 aliphatic heterocycles. The number of hydrogen-bond acceptors (Lipinski definition) is 4. The van der Waals surface area contributed by atoms with Crippen LogP contribution in [0.25, 0.3) is 0 Å². The van der Waals surface area contributed by atoms with Gasteiger partial charge >= 0.3 is 0 Å². The third-order valence-electron chi connectivity index (χ3n) is 4.44. The summed E-state index contributed by atoms with van der Waals surface area (Å²) in [6, 6.07) is 13.5. The maximum absolute atomic E-state index is 12.9. The first-order valence-electron chi connectivity index (χ1n) is 8.29. The molecule has 1 saturated heterocycles. The van der Waals surface area contributed by atoms with E-state index in [1.807, 2.05) is 35.2 Å². The van der Waals surface area contributed by atoms with E-state index >= 15 is 0 Å². The number of ether oxygens (including phenoxy) is 1. The first-order chi connectivity index (χ1) is 11.6. The van der Waals surface area contributed by atoms with Gasteiger partial charge in [0.1, 0.15) is 11.3 Å². The Bertz CT molecular complexity index is 680. The lowest BCUT2D eigenvalue weighted by molar-refractivity contribution is 0.0660. The summed E-state index contributed by atoms with van der Waals surface area (Å²) in [6.45, 7) is 1.53. The number of amides is 1. The van der Waals surface area contributed by atoms with Crippen LogP contribution in [0.5, 0.6) is 11.6 Å². The zero-order valence-electron chi connectivity index (χ0n) is 14.2. The third kappa shape index (κ3) is 3.74. The normalized spacial score (nSPS) is 15.5. The highest BCUT2D eigenvalue weighted by Crippen LogP contribution is 2.25. The predicted molar refractivity (Wildman–Crippen MR) is 93.4 cm³/mol. The standard InChI is InChI=1S/C19H23N3O2/c1-21(2)15-10-13-22(14-11-15)19(23)17-9-6-12-20-18(17)24-16-7-4-3-5-8-16/h3-9,12,15H,10-11,13-14H2,1-2H3. The number of nitrogens with zero attached hydrogens (tertiary/aromatic N) is 3. The van der Waals surface area contributed by atoms with Gasteiger partial charge in [0, 0.05) is 25.3 Å². The molecule has 24 heavy (non-hydrogen) atoms. The molecule has 0 aliphatic carbocycles. The van der Waals surface area contributed by atoms with E-state index in [4.69, 9.17) is 4.74 Å². The smallest absolute Gasteiger partial charge is 0.259 e. The molecule has 5 nitrogen and oxygen atoms in total. The van der Waals surface area contributed by atoms with Crippen LogP contribution in [-0.2, 0) is 0 Å². The molecule has 1 aromatic carbocycles. The number of para-hydroxylation sites is 1. The second kappa shape index (κ2) is 7.45. The second-order valence-electron chi connectivity index (χ2n) is 6.26. The minimum Gasteiger partial charge on any atom is -0.438 e. The van der Waals surface area contributed by atoms with Gasteiger partial charge in [-0.25, -0.2) is 4.98 Å². The van der Waals surface area contributed by atoms with Gasteiger partial charge in [0.25, 0.3) is 5.91 Å². The van der Waals surface area contributed by atoms with Crippen molar-refractivity contribution in [2.75, 3.05) is 27.2 Å². The van der Waals surface area contributed by atoms with Crippen molar-refractivity contribution in [1.29, 1.82) is 0 Å². The number of hydrogen-bond donors (Lipinski definition) is 0. The molecule has 3 rings (SSSR count). The molecule has 0 unspecified atom stereocenters. The SMILES string of the molecule is CN(C)C1CCN(C(=O)c2cccnc2Oc2ccccc2)CC1. The van der Waals surface area contributed by atoms with Crippen LogP contribution in [0.3, 0.4) is 0 Å². The summed E-state index contributed by atoms with van der Waals surface area (Å²) < 4.78 is 5.81. The van der Waals surface area contributed by atoms with Crippen molar-refractivity contribution in [2.24, 2.45) is 0 Å². The minimum atomic E-state index is -0.00811. The summed E-state index contributed by atoms with van der Waals surface area (Å²) >= 11 is 0. The monoisotopic (exact) mass is 325 g/mol. The summed E-state index contributed by atoms with van der Waals surface area (Å²) in [4.78, 5) is 21.3. The molecule has 0 N–H and O–H groups in total. The molecule has 1 aromatic heterocycles. The van der Waals surface area contributed by atoms with E-state index in [0.29, 0.717) is 23.2 Å². The van der Waals surface area contributed by atoms with E-state index in [9.17, 15) is 4.79 Å². The zero-order valence-corrected chi connectivity index (χ0v) is 14.2. The van der Waals surface area contributed by atoms with Crippen molar-refractivity contribution >= 4 is 5.91 Å². The fourth-order valence-electron chi connectivity index (χ4n) is 2.99. The molecule has 2 heterocycles. The van der Waals surface area contributed by atoms with Crippen molar-refractivity contribution in [2.45, 2.75) is 18.9 Å². The Kier molecular flexibility index (Phi) is 5.11. The largest absolute Gasteiger partial charge is 0.438 e. The second-order valence-corrected chi connectivity index (χ2v) is 6.26. The number of carbonyl (C=O) groups is 1. The first-order valence-corrected chi connectivity index (χ1v) is 8.29. The van der Waals surface area contributed by atoms with Gasteiger partial charge in [0.2, 0.25) is 5.88 Å². The summed E-state index contributed by atoms with van der Waals surface area (Å²) in [7, 11) is 4.18. The van der Waals surface area contributed by atoms with E-state index < -0.39 is 0 Å². The molecule has 1 fully saturated rings. The van der Waals surface area contributed by atoms with Gasteiger partial charge in [0.15, 0.2) is 0 Å². The summed E-state index contributed by atoms with van der Waals surface area (Å²) in [5.74, 6) is 1.03. The molecular weight excluding hydrogens is 302 g/mol. The average molecular weight is 325 g/mol. The molecule has 0 bridgehead atoms. The van der Waals surface area contributed by atoms with E-state index in [0.717, 1.165) is 25.9 Å². The van der Waals surface area contributed by atoms with Gasteiger partial charge in [-0.1, -0.05) is 18.2 Å². The Morgan fingerprint density at radius 1 is 1.12 bits per heavy atom. The van der Waals surface area contributed by atoms with Crippen LogP contribution in [-0.4, -0.2) is 53.9 Å². The lowest BCUT2D eigenvalue weighted by atomic mass is 10.0. The number of benzene rings is 1. The number of piperidine rings is 1. The van der Waals surface area contributed by atoms with Crippen molar-refractivity contribution in [3.63, 3.8) is 0 Å². The maximum atomic E-state index is 12.9. The van der Waals surface area contributed by atoms with Crippen LogP contribution in [0.4, 0.5) is 0 Å². The molecule has 2 aromatic rings. The number of aromatic nitrogens is 1. The van der Waals surface area contributed by atoms with E-state index in [-0.39, 0.29) is 5.91 Å². The van der Waals surface area contributed by atoms with Gasteiger partial charge in [-0.05, 0) is 51.2 Å². The van der Waals surface area contributed by atoms with Crippen LogP contribution in [0.15, 0.2) is 48.7 Å². The van der Waals surface area contributed by atoms with Crippen LogP contribution >= 0.6 is 0 Å². The lowest BCUT2D eigenvalue weighted by Crippen LogP contribution is -2.44. The van der Waals surface area contributed by atoms with E-state index in [1.165, 1.54) is 0 Å². The molecule has 0 saturated carbocycles. The maximum Gasteiger partial charge on any atom is 0.259 e. The molecule has 0 radical (unpaired) electrons. The molecule has 1 aliphatic rings. The third-order valence-corrected chi connectivity index (χ3v) is 4.44. The lowest BCUT2D eigenvalue weighted by Gasteiger charge is -2.35. The molecule has 0 atom stereocenters. The highest BCUT2D eigenvalue weighted by atomic mass is 16.5. The van der Waals surface area contributed by atoms with Crippen LogP contribution in [0.1, 0.15) is 23.2 Å². The van der Waals surface area contributed by atoms with Gasteiger partial charge < -0.3 is 14.5 Å². The quantitative estimate of drug-likeness (QED) is 0.867. The topological polar surface area (TPSA) is 45.7 Å². The highest BCUT2D eigenvalue weighted by molar-refractivity contribution is 5.96. The highest BCUT2D eigenvalue weighted by Gasteiger charge is 2.26. The molecule has 126 valence electrons. The molecule has 0 spiro atoms. The van der Waals surface area contributed by atoms with Gasteiger partial charge in [-0.2, -0.15) is 0 Å². The Hall–Kier alpha value is -2.40. The average Bonchev–Trinajstić information content (AvgIpc) is 2.62. The van der Waals surface area contributed by atoms with Gasteiger partial charge in [-0.3, -0.25) is 4.79 Å². The number of pyridine rings is 1. The minimum absolute atomic E-state index is 0.00811. The first kappa shape index (κ1) is 16.5. The van der Waals surface area contributed by atoms with Gasteiger partial charge in [0.05, 0.1) is 0 Å². The zero-order chi connectivity index (χ0) is 16.9. The van der Waals surface area contributed by atoms with Crippen LogP contribution in [0.2, 0.25) is 0 Å². The Morgan fingerprint density at radius 2 is 1.83 bits per heavy atom. The number of likely N-dealkylation sites (tertiary alicyclic amines) is 1. The Morgan fingerprint density at radius 3 is 2.50 bits per heavy atom. The van der Waals surface area contributed by atoms with Gasteiger partial charge in [-0.15, -0.1) is 0 Å². The molecular formula is C19H23N3O2. The Balaban J connectivity index is 1.74. The van der Waals surface area contributed by atoms with Crippen molar-refractivity contribution in [1.82, 2.24) is 14.8 Å². The predicted octanol–water partition coefficient (Wildman–Crippen LogP) is 3.04. The summed E-state index contributed by atoms with van der Waals surface area (Å²) in [6.07, 6.45) is 3.63. The molecule has 5 heteroatoms. The number of rotatable bonds is 4. The summed E-state index contributed by atoms with van der Waals surface area (Å²) in [5, 5.41) is 0. The van der Waals surface area contributed by atoms with E-state index in [1.54, 1.807) is 18.3 Å². The number of carbonyl (C=O) groups excluding carboxylic acids is 1.